The fraction of sp³-hybridized carbons (Fsp3) is 0.405. The summed E-state index contributed by atoms with van der Waals surface area (Å²) in [6.45, 7) is 1.12. The summed E-state index contributed by atoms with van der Waals surface area (Å²) in [5.74, 6) is 3.19. The van der Waals surface area contributed by atoms with Crippen molar-refractivity contribution < 1.29 is 0 Å². The van der Waals surface area contributed by atoms with Crippen LogP contribution in [0.3, 0.4) is 0 Å². The van der Waals surface area contributed by atoms with E-state index in [4.69, 9.17) is 9.98 Å². The van der Waals surface area contributed by atoms with Gasteiger partial charge in [0.2, 0.25) is 0 Å². The van der Waals surface area contributed by atoms with Gasteiger partial charge in [0.05, 0.1) is 17.6 Å². The first-order valence-electron chi connectivity index (χ1n) is 16.0. The van der Waals surface area contributed by atoms with E-state index in [1.165, 1.54) is 108 Å². The second-order valence-electron chi connectivity index (χ2n) is 13.2. The van der Waals surface area contributed by atoms with Crippen molar-refractivity contribution in [2.75, 3.05) is 6.54 Å². The molecule has 9 rings (SSSR count). The van der Waals surface area contributed by atoms with Gasteiger partial charge in [0.1, 0.15) is 5.82 Å². The number of rotatable bonds is 5. The van der Waals surface area contributed by atoms with E-state index in [2.05, 4.69) is 64.9 Å². The molecule has 2 aliphatic heterocycles. The molecule has 3 heterocycles. The Kier molecular flexibility index (Phi) is 5.61. The van der Waals surface area contributed by atoms with E-state index in [0.29, 0.717) is 23.8 Å². The smallest absolute Gasteiger partial charge is 0.109 e. The summed E-state index contributed by atoms with van der Waals surface area (Å²) in [6, 6.07) is 21.6. The molecule has 0 radical (unpaired) electrons. The van der Waals surface area contributed by atoms with Crippen molar-refractivity contribution in [2.45, 2.75) is 88.0 Å². The minimum absolute atomic E-state index is 0.471. The lowest BCUT2D eigenvalue weighted by Crippen LogP contribution is -2.30. The van der Waals surface area contributed by atoms with Crippen LogP contribution in [-0.4, -0.2) is 28.3 Å². The van der Waals surface area contributed by atoms with Crippen molar-refractivity contribution in [1.29, 1.82) is 0 Å². The molecule has 2 unspecified atom stereocenters. The number of benzene rings is 3. The standard InChI is InChI=1S/C37H38N4/c1-2-5-24(4-1)37-39-21-34(41-37)23-9-7-22(8-10-23)29-14-15-30(36-27-12-11-26(19-27)35(29)36)25-13-16-31-28(18-25)20-33(40-31)32-6-3-17-38-32/h7-10,13-16,18,21,24,26-27,32,38H,1-6,11-12,17,19-20H2,(H,39,41)/t26?,27?,32-/m0/s1. The molecule has 206 valence electrons. The number of nitrogens with zero attached hydrogens (tertiary/aromatic N) is 2. The van der Waals surface area contributed by atoms with E-state index in [9.17, 15) is 0 Å². The number of aromatic nitrogens is 2. The highest BCUT2D eigenvalue weighted by molar-refractivity contribution is 5.98. The van der Waals surface area contributed by atoms with Gasteiger partial charge in [-0.25, -0.2) is 4.98 Å². The Balaban J connectivity index is 1.03. The third kappa shape index (κ3) is 3.98. The molecule has 4 aromatic rings. The van der Waals surface area contributed by atoms with Gasteiger partial charge in [0.15, 0.2) is 0 Å². The van der Waals surface area contributed by atoms with Gasteiger partial charge in [-0.2, -0.15) is 0 Å². The van der Waals surface area contributed by atoms with Gasteiger partial charge >= 0.3 is 0 Å². The number of imidazole rings is 1. The van der Waals surface area contributed by atoms with Gasteiger partial charge < -0.3 is 10.3 Å². The van der Waals surface area contributed by atoms with Crippen LogP contribution in [0.15, 0.2) is 65.8 Å². The molecule has 2 bridgehead atoms. The molecule has 4 heteroatoms. The van der Waals surface area contributed by atoms with E-state index in [0.717, 1.165) is 18.7 Å². The Morgan fingerprint density at radius 2 is 1.41 bits per heavy atom. The summed E-state index contributed by atoms with van der Waals surface area (Å²) in [5.41, 5.74) is 15.2. The van der Waals surface area contributed by atoms with E-state index in [-0.39, 0.29) is 0 Å². The van der Waals surface area contributed by atoms with Gasteiger partial charge in [-0.3, -0.25) is 4.99 Å². The zero-order valence-corrected chi connectivity index (χ0v) is 23.8. The molecular formula is C37H38N4. The molecule has 3 aliphatic carbocycles. The van der Waals surface area contributed by atoms with Crippen LogP contribution >= 0.6 is 0 Å². The third-order valence-electron chi connectivity index (χ3n) is 10.9. The molecule has 3 atom stereocenters. The summed E-state index contributed by atoms with van der Waals surface area (Å²) in [6.07, 6.45) is 14.7. The second kappa shape index (κ2) is 9.52. The number of hydrogen-bond acceptors (Lipinski definition) is 3. The van der Waals surface area contributed by atoms with Gasteiger partial charge in [0, 0.05) is 24.1 Å². The Bertz CT molecular complexity index is 1660. The molecule has 3 aromatic carbocycles. The van der Waals surface area contributed by atoms with Crippen molar-refractivity contribution in [1.82, 2.24) is 15.3 Å². The van der Waals surface area contributed by atoms with Crippen LogP contribution in [-0.2, 0) is 6.42 Å². The summed E-state index contributed by atoms with van der Waals surface area (Å²) in [7, 11) is 0. The van der Waals surface area contributed by atoms with E-state index >= 15 is 0 Å². The van der Waals surface area contributed by atoms with E-state index in [1.807, 2.05) is 6.20 Å². The highest BCUT2D eigenvalue weighted by atomic mass is 15.0. The van der Waals surface area contributed by atoms with Crippen LogP contribution < -0.4 is 5.32 Å². The predicted octanol–water partition coefficient (Wildman–Crippen LogP) is 8.81. The molecular weight excluding hydrogens is 500 g/mol. The first kappa shape index (κ1) is 24.1. The quantitative estimate of drug-likeness (QED) is 0.267. The summed E-state index contributed by atoms with van der Waals surface area (Å²) in [5, 5.41) is 3.64. The molecule has 3 fully saturated rings. The van der Waals surface area contributed by atoms with E-state index < -0.39 is 0 Å². The summed E-state index contributed by atoms with van der Waals surface area (Å²) in [4.78, 5) is 13.4. The number of nitrogens with one attached hydrogen (secondary N) is 2. The van der Waals surface area contributed by atoms with Crippen LogP contribution in [0.5, 0.6) is 0 Å². The molecule has 4 nitrogen and oxygen atoms in total. The van der Waals surface area contributed by atoms with Gasteiger partial charge in [-0.15, -0.1) is 0 Å². The van der Waals surface area contributed by atoms with Gasteiger partial charge in [-0.1, -0.05) is 55.3 Å². The monoisotopic (exact) mass is 538 g/mol. The van der Waals surface area contributed by atoms with Crippen LogP contribution in [0.2, 0.25) is 0 Å². The van der Waals surface area contributed by atoms with Crippen molar-refractivity contribution in [3.8, 4) is 33.5 Å². The van der Waals surface area contributed by atoms with Crippen LogP contribution in [0.25, 0.3) is 33.5 Å². The highest BCUT2D eigenvalue weighted by Gasteiger charge is 2.40. The number of fused-ring (bicyclic) bond motifs is 6. The molecule has 0 amide bonds. The lowest BCUT2D eigenvalue weighted by atomic mass is 9.81. The number of aliphatic imine (C=N–C) groups is 1. The topological polar surface area (TPSA) is 53.1 Å². The minimum atomic E-state index is 0.471. The summed E-state index contributed by atoms with van der Waals surface area (Å²) < 4.78 is 0. The SMILES string of the molecule is c1cc(-c2ccc(-c3ccc4c(c3)CC([C@@H]3CCCN3)=N4)c3c2C2CCC3C2)ccc1-c1cnc(C2CCCC2)[nH]1. The molecule has 1 saturated heterocycles. The average Bonchev–Trinajstić information content (AvgIpc) is 3.86. The second-order valence-corrected chi connectivity index (χ2v) is 13.2. The van der Waals surface area contributed by atoms with Crippen LogP contribution in [0, 0.1) is 0 Å². The number of H-pyrrole nitrogens is 1. The fourth-order valence-electron chi connectivity index (χ4n) is 8.81. The van der Waals surface area contributed by atoms with Crippen molar-refractivity contribution >= 4 is 11.4 Å². The maximum Gasteiger partial charge on any atom is 0.109 e. The minimum Gasteiger partial charge on any atom is -0.342 e. The van der Waals surface area contributed by atoms with Crippen LogP contribution in [0.4, 0.5) is 5.69 Å². The molecule has 41 heavy (non-hydrogen) atoms. The largest absolute Gasteiger partial charge is 0.342 e. The maximum absolute atomic E-state index is 5.03. The lowest BCUT2D eigenvalue weighted by Gasteiger charge is -2.23. The molecule has 2 N–H and O–H groups in total. The Labute approximate surface area is 242 Å². The Hall–Kier alpha value is -3.50. The molecule has 5 aliphatic rings. The Morgan fingerprint density at radius 1 is 0.683 bits per heavy atom. The third-order valence-corrected chi connectivity index (χ3v) is 10.9. The Morgan fingerprint density at radius 3 is 2.17 bits per heavy atom. The van der Waals surface area contributed by atoms with Crippen molar-refractivity contribution in [3.05, 3.63) is 83.3 Å². The average molecular weight is 539 g/mol. The molecule has 2 saturated carbocycles. The molecule has 0 spiro atoms. The summed E-state index contributed by atoms with van der Waals surface area (Å²) >= 11 is 0. The van der Waals surface area contributed by atoms with Crippen LogP contribution in [0.1, 0.15) is 98.1 Å². The van der Waals surface area contributed by atoms with Gasteiger partial charge in [0.25, 0.3) is 0 Å². The first-order chi connectivity index (χ1) is 20.3. The highest BCUT2D eigenvalue weighted by Crippen LogP contribution is 2.58. The lowest BCUT2D eigenvalue weighted by molar-refractivity contribution is 0.679. The zero-order chi connectivity index (χ0) is 26.9. The van der Waals surface area contributed by atoms with Crippen molar-refractivity contribution in [3.63, 3.8) is 0 Å². The van der Waals surface area contributed by atoms with Crippen molar-refractivity contribution in [2.24, 2.45) is 4.99 Å². The normalized spacial score (nSPS) is 24.7. The predicted molar refractivity (Wildman–Crippen MR) is 167 cm³/mol. The number of hydrogen-bond donors (Lipinski definition) is 2. The first-order valence-corrected chi connectivity index (χ1v) is 16.0. The fourth-order valence-corrected chi connectivity index (χ4v) is 8.81. The molecule has 1 aromatic heterocycles. The zero-order valence-electron chi connectivity index (χ0n) is 23.8. The van der Waals surface area contributed by atoms with E-state index in [1.54, 1.807) is 11.1 Å². The maximum atomic E-state index is 5.03. The van der Waals surface area contributed by atoms with Gasteiger partial charge in [-0.05, 0) is 120 Å². The number of aromatic amines is 1.